The molecule has 5 heteroatoms. The standard InChI is InChI=1S/C14H17N3OS/c1-10(12-5-6-15-16-12)11-3-4-13-14(7-11)19-9-17(13)8-18-2/h3-7,10H,8-9H2,1-2H3,(H,15,16). The third-order valence-corrected chi connectivity index (χ3v) is 4.55. The van der Waals surface area contributed by atoms with Crippen molar-refractivity contribution in [3.63, 3.8) is 0 Å². The highest BCUT2D eigenvalue weighted by Gasteiger charge is 2.21. The van der Waals surface area contributed by atoms with Gasteiger partial charge in [-0.3, -0.25) is 5.10 Å². The Morgan fingerprint density at radius 1 is 1.47 bits per heavy atom. The van der Waals surface area contributed by atoms with Crippen molar-refractivity contribution in [2.24, 2.45) is 0 Å². The minimum absolute atomic E-state index is 0.338. The van der Waals surface area contributed by atoms with Gasteiger partial charge in [-0.15, -0.1) is 11.8 Å². The number of anilines is 1. The van der Waals surface area contributed by atoms with Crippen molar-refractivity contribution in [1.82, 2.24) is 10.2 Å². The summed E-state index contributed by atoms with van der Waals surface area (Å²) in [6.45, 7) is 2.84. The zero-order valence-corrected chi connectivity index (χ0v) is 11.9. The second-order valence-electron chi connectivity index (χ2n) is 4.69. The first-order valence-electron chi connectivity index (χ1n) is 6.29. The number of hydrogen-bond acceptors (Lipinski definition) is 4. The molecule has 1 aliphatic heterocycles. The monoisotopic (exact) mass is 275 g/mol. The number of hydrogen-bond donors (Lipinski definition) is 1. The second-order valence-corrected chi connectivity index (χ2v) is 5.68. The van der Waals surface area contributed by atoms with Gasteiger partial charge in [0.2, 0.25) is 0 Å². The Labute approximate surface area is 117 Å². The number of aromatic nitrogens is 2. The Kier molecular flexibility index (Phi) is 3.48. The maximum absolute atomic E-state index is 5.22. The average molecular weight is 275 g/mol. The van der Waals surface area contributed by atoms with Crippen LogP contribution in [0.25, 0.3) is 0 Å². The molecule has 19 heavy (non-hydrogen) atoms. The summed E-state index contributed by atoms with van der Waals surface area (Å²) >= 11 is 1.86. The molecule has 0 radical (unpaired) electrons. The van der Waals surface area contributed by atoms with Crippen molar-refractivity contribution in [3.05, 3.63) is 41.7 Å². The van der Waals surface area contributed by atoms with Gasteiger partial charge in [0.15, 0.2) is 0 Å². The number of H-pyrrole nitrogens is 1. The minimum atomic E-state index is 0.338. The third-order valence-electron chi connectivity index (χ3n) is 3.47. The number of rotatable bonds is 4. The van der Waals surface area contributed by atoms with Crippen molar-refractivity contribution < 1.29 is 4.74 Å². The van der Waals surface area contributed by atoms with Gasteiger partial charge in [0.1, 0.15) is 6.73 Å². The molecule has 1 aliphatic rings. The summed E-state index contributed by atoms with van der Waals surface area (Å²) in [4.78, 5) is 3.57. The molecule has 2 aromatic rings. The molecule has 3 rings (SSSR count). The van der Waals surface area contributed by atoms with Gasteiger partial charge >= 0.3 is 0 Å². The average Bonchev–Trinajstić information content (AvgIpc) is 3.08. The van der Waals surface area contributed by atoms with E-state index in [-0.39, 0.29) is 0 Å². The first-order chi connectivity index (χ1) is 9.29. The van der Waals surface area contributed by atoms with Gasteiger partial charge in [-0.25, -0.2) is 0 Å². The summed E-state index contributed by atoms with van der Waals surface area (Å²) in [6.07, 6.45) is 1.80. The normalized spacial score (nSPS) is 15.6. The van der Waals surface area contributed by atoms with Crippen molar-refractivity contribution in [1.29, 1.82) is 0 Å². The third kappa shape index (κ3) is 2.35. The summed E-state index contributed by atoms with van der Waals surface area (Å²) in [5, 5.41) is 7.07. The predicted octanol–water partition coefficient (Wildman–Crippen LogP) is 3.04. The predicted molar refractivity (Wildman–Crippen MR) is 77.6 cm³/mol. The molecule has 4 nitrogen and oxygen atoms in total. The number of methoxy groups -OCH3 is 1. The lowest BCUT2D eigenvalue weighted by Crippen LogP contribution is -2.21. The highest BCUT2D eigenvalue weighted by molar-refractivity contribution is 7.99. The Morgan fingerprint density at radius 3 is 3.11 bits per heavy atom. The number of nitrogens with one attached hydrogen (secondary N) is 1. The number of fused-ring (bicyclic) bond motifs is 1. The van der Waals surface area contributed by atoms with Crippen LogP contribution in [0.5, 0.6) is 0 Å². The number of aromatic amines is 1. The second kappa shape index (κ2) is 5.27. The van der Waals surface area contributed by atoms with Crippen LogP contribution in [-0.4, -0.2) is 29.9 Å². The highest BCUT2D eigenvalue weighted by Crippen LogP contribution is 2.40. The summed E-state index contributed by atoms with van der Waals surface area (Å²) in [5.41, 5.74) is 3.74. The van der Waals surface area contributed by atoms with E-state index in [0.717, 1.165) is 11.6 Å². The van der Waals surface area contributed by atoms with E-state index >= 15 is 0 Å². The SMILES string of the molecule is COCN1CSc2cc(C(C)c3ccn[nH]3)ccc21. The van der Waals surface area contributed by atoms with Crippen LogP contribution >= 0.6 is 11.8 Å². The first-order valence-corrected chi connectivity index (χ1v) is 7.28. The summed E-state index contributed by atoms with van der Waals surface area (Å²) in [6, 6.07) is 8.69. The van der Waals surface area contributed by atoms with E-state index < -0.39 is 0 Å². The van der Waals surface area contributed by atoms with Gasteiger partial charge in [0, 0.05) is 29.8 Å². The molecule has 0 bridgehead atoms. The fourth-order valence-corrected chi connectivity index (χ4v) is 3.42. The van der Waals surface area contributed by atoms with Crippen molar-refractivity contribution in [3.8, 4) is 0 Å². The van der Waals surface area contributed by atoms with Crippen molar-refractivity contribution in [2.45, 2.75) is 17.7 Å². The molecule has 0 saturated heterocycles. The Bertz CT molecular complexity index is 556. The molecule has 0 spiro atoms. The van der Waals surface area contributed by atoms with Crippen LogP contribution in [0.15, 0.2) is 35.4 Å². The molecule has 0 fully saturated rings. The van der Waals surface area contributed by atoms with Gasteiger partial charge in [-0.2, -0.15) is 5.10 Å². The van der Waals surface area contributed by atoms with Crippen molar-refractivity contribution >= 4 is 17.4 Å². The maximum atomic E-state index is 5.22. The Balaban J connectivity index is 1.87. The van der Waals surface area contributed by atoms with Crippen LogP contribution in [-0.2, 0) is 4.74 Å². The van der Waals surface area contributed by atoms with Crippen LogP contribution in [0.3, 0.4) is 0 Å². The molecule has 1 N–H and O–H groups in total. The van der Waals surface area contributed by atoms with Crippen molar-refractivity contribution in [2.75, 3.05) is 24.6 Å². The highest BCUT2D eigenvalue weighted by atomic mass is 32.2. The molecule has 1 aromatic heterocycles. The summed E-state index contributed by atoms with van der Waals surface area (Å²) in [5.74, 6) is 1.30. The van der Waals surface area contributed by atoms with Gasteiger partial charge in [0.25, 0.3) is 0 Å². The molecule has 100 valence electrons. The minimum Gasteiger partial charge on any atom is -0.364 e. The molecule has 1 atom stereocenters. The van der Waals surface area contributed by atoms with Crippen LogP contribution < -0.4 is 4.90 Å². The molecule has 2 heterocycles. The molecular weight excluding hydrogens is 258 g/mol. The van der Waals surface area contributed by atoms with E-state index in [0.29, 0.717) is 12.6 Å². The fraction of sp³-hybridized carbons (Fsp3) is 0.357. The summed E-state index contributed by atoms with van der Waals surface area (Å²) in [7, 11) is 1.73. The number of benzene rings is 1. The zero-order chi connectivity index (χ0) is 13.2. The fourth-order valence-electron chi connectivity index (χ4n) is 2.34. The number of ether oxygens (including phenoxy) is 1. The van der Waals surface area contributed by atoms with Gasteiger partial charge in [0.05, 0.1) is 11.6 Å². The van der Waals surface area contributed by atoms with Gasteiger partial charge < -0.3 is 9.64 Å². The van der Waals surface area contributed by atoms with E-state index in [9.17, 15) is 0 Å². The lowest BCUT2D eigenvalue weighted by atomic mass is 9.98. The van der Waals surface area contributed by atoms with Crippen LogP contribution in [0.4, 0.5) is 5.69 Å². The smallest absolute Gasteiger partial charge is 0.119 e. The zero-order valence-electron chi connectivity index (χ0n) is 11.1. The van der Waals surface area contributed by atoms with Crippen LogP contribution in [0.1, 0.15) is 24.1 Å². The molecule has 1 aromatic carbocycles. The van der Waals surface area contributed by atoms with E-state index in [1.54, 1.807) is 13.3 Å². The van der Waals surface area contributed by atoms with E-state index in [1.165, 1.54) is 16.1 Å². The molecular formula is C14H17N3OS. The Hall–Kier alpha value is -1.46. The molecule has 0 saturated carbocycles. The number of thioether (sulfide) groups is 1. The van der Waals surface area contributed by atoms with Gasteiger partial charge in [-0.1, -0.05) is 13.0 Å². The van der Waals surface area contributed by atoms with E-state index in [2.05, 4.69) is 40.2 Å². The molecule has 0 amide bonds. The Morgan fingerprint density at radius 2 is 2.37 bits per heavy atom. The van der Waals surface area contributed by atoms with Crippen LogP contribution in [0, 0.1) is 0 Å². The lowest BCUT2D eigenvalue weighted by Gasteiger charge is -2.17. The van der Waals surface area contributed by atoms with E-state index in [4.69, 9.17) is 4.74 Å². The lowest BCUT2D eigenvalue weighted by molar-refractivity contribution is 0.201. The quantitative estimate of drug-likeness (QED) is 0.931. The van der Waals surface area contributed by atoms with Gasteiger partial charge in [-0.05, 0) is 23.8 Å². The summed E-state index contributed by atoms with van der Waals surface area (Å²) < 4.78 is 5.22. The largest absolute Gasteiger partial charge is 0.364 e. The number of nitrogens with zero attached hydrogens (tertiary/aromatic N) is 2. The molecule has 0 aliphatic carbocycles. The van der Waals surface area contributed by atoms with E-state index in [1.807, 2.05) is 17.8 Å². The topological polar surface area (TPSA) is 41.1 Å². The van der Waals surface area contributed by atoms with Crippen LogP contribution in [0.2, 0.25) is 0 Å². The molecule has 1 unspecified atom stereocenters. The maximum Gasteiger partial charge on any atom is 0.119 e. The first kappa shape index (κ1) is 12.6.